The number of piperazine rings is 1. The number of nitrogens with zero attached hydrogens (tertiary/aromatic N) is 4. The van der Waals surface area contributed by atoms with Gasteiger partial charge in [0.25, 0.3) is 5.91 Å². The van der Waals surface area contributed by atoms with E-state index in [9.17, 15) is 4.79 Å². The summed E-state index contributed by atoms with van der Waals surface area (Å²) < 4.78 is 7.66. The van der Waals surface area contributed by atoms with Crippen LogP contribution in [0, 0.1) is 0 Å². The minimum Gasteiger partial charge on any atom is -0.459 e. The number of benzene rings is 2. The Bertz CT molecular complexity index is 1250. The third-order valence-corrected chi connectivity index (χ3v) is 6.74. The van der Waals surface area contributed by atoms with Gasteiger partial charge in [-0.1, -0.05) is 30.3 Å². The Morgan fingerprint density at radius 3 is 2.64 bits per heavy atom. The van der Waals surface area contributed by atoms with Gasteiger partial charge in [-0.15, -0.1) is 0 Å². The number of anilines is 1. The van der Waals surface area contributed by atoms with Crippen LogP contribution in [0.2, 0.25) is 0 Å². The number of aromatic nitrogens is 2. The van der Waals surface area contributed by atoms with E-state index in [1.807, 2.05) is 11.0 Å². The average Bonchev–Trinajstić information content (AvgIpc) is 3.59. The normalized spacial score (nSPS) is 18.4. The number of furan rings is 1. The zero-order chi connectivity index (χ0) is 22.2. The van der Waals surface area contributed by atoms with Crippen LogP contribution in [-0.4, -0.2) is 57.5 Å². The van der Waals surface area contributed by atoms with Crippen molar-refractivity contribution < 1.29 is 9.21 Å². The molecule has 0 radical (unpaired) electrons. The van der Waals surface area contributed by atoms with Gasteiger partial charge in [-0.3, -0.25) is 9.69 Å². The maximum atomic E-state index is 12.6. The molecular weight excluding hydrogens is 414 g/mol. The summed E-state index contributed by atoms with van der Waals surface area (Å²) in [5.41, 5.74) is 4.84. The molecule has 0 spiro atoms. The molecule has 1 saturated heterocycles. The van der Waals surface area contributed by atoms with E-state index in [0.717, 1.165) is 43.9 Å². The van der Waals surface area contributed by atoms with E-state index < -0.39 is 0 Å². The van der Waals surface area contributed by atoms with Gasteiger partial charge in [0.15, 0.2) is 5.76 Å². The molecule has 0 saturated carbocycles. The summed E-state index contributed by atoms with van der Waals surface area (Å²) >= 11 is 0. The van der Waals surface area contributed by atoms with Crippen LogP contribution in [0.15, 0.2) is 71.3 Å². The van der Waals surface area contributed by atoms with Crippen molar-refractivity contribution in [1.82, 2.24) is 19.4 Å². The second-order valence-electron chi connectivity index (χ2n) is 8.88. The van der Waals surface area contributed by atoms with Gasteiger partial charge in [0.1, 0.15) is 5.82 Å². The highest BCUT2D eigenvalue weighted by Crippen LogP contribution is 2.27. The highest BCUT2D eigenvalue weighted by atomic mass is 16.3. The van der Waals surface area contributed by atoms with Gasteiger partial charge >= 0.3 is 0 Å². The lowest BCUT2D eigenvalue weighted by Crippen LogP contribution is -2.48. The standard InChI is InChI=1S/C26H27N5O2/c32-26(24-10-5-15-33-24)30-13-11-29(12-14-30)18-25-28-22-8-3-4-9-23(22)31(25)17-20-16-19-6-1-2-7-21(19)27-20/h1-10,15,20,27H,11-14,16-18H2. The monoisotopic (exact) mass is 441 g/mol. The lowest BCUT2D eigenvalue weighted by molar-refractivity contribution is 0.0593. The van der Waals surface area contributed by atoms with E-state index in [1.54, 1.807) is 18.4 Å². The smallest absolute Gasteiger partial charge is 0.289 e. The van der Waals surface area contributed by atoms with Crippen LogP contribution in [0.25, 0.3) is 11.0 Å². The Hall–Kier alpha value is -3.58. The van der Waals surface area contributed by atoms with Crippen molar-refractivity contribution in [3.63, 3.8) is 0 Å². The maximum Gasteiger partial charge on any atom is 0.289 e. The number of rotatable bonds is 5. The van der Waals surface area contributed by atoms with Crippen LogP contribution in [-0.2, 0) is 19.5 Å². The first kappa shape index (κ1) is 20.1. The molecule has 7 nitrogen and oxygen atoms in total. The first-order chi connectivity index (χ1) is 16.2. The summed E-state index contributed by atoms with van der Waals surface area (Å²) in [5, 5.41) is 3.68. The number of carbonyl (C=O) groups is 1. The average molecular weight is 442 g/mol. The van der Waals surface area contributed by atoms with Crippen LogP contribution in [0.5, 0.6) is 0 Å². The molecule has 0 bridgehead atoms. The SMILES string of the molecule is O=C(c1ccco1)N1CCN(Cc2nc3ccccc3n2CC2Cc3ccccc3N2)CC1. The lowest BCUT2D eigenvalue weighted by atomic mass is 10.1. The molecule has 33 heavy (non-hydrogen) atoms. The van der Waals surface area contributed by atoms with Crippen molar-refractivity contribution in [1.29, 1.82) is 0 Å². The zero-order valence-corrected chi connectivity index (χ0v) is 18.5. The third kappa shape index (κ3) is 3.89. The van der Waals surface area contributed by atoms with Gasteiger partial charge < -0.3 is 19.2 Å². The molecule has 7 heteroatoms. The summed E-state index contributed by atoms with van der Waals surface area (Å²) in [6.45, 7) is 4.68. The molecule has 4 heterocycles. The fourth-order valence-corrected chi connectivity index (χ4v) is 5.02. The number of fused-ring (bicyclic) bond motifs is 2. The third-order valence-electron chi connectivity index (χ3n) is 6.74. The highest BCUT2D eigenvalue weighted by molar-refractivity contribution is 5.91. The van der Waals surface area contributed by atoms with Crippen molar-refractivity contribution in [2.24, 2.45) is 0 Å². The van der Waals surface area contributed by atoms with Crippen LogP contribution < -0.4 is 5.32 Å². The van der Waals surface area contributed by atoms with Crippen LogP contribution in [0.3, 0.4) is 0 Å². The predicted octanol–water partition coefficient (Wildman–Crippen LogP) is 3.62. The van der Waals surface area contributed by atoms with E-state index in [4.69, 9.17) is 9.40 Å². The van der Waals surface area contributed by atoms with Gasteiger partial charge in [-0.25, -0.2) is 4.98 Å². The molecular formula is C26H27N5O2. The quantitative estimate of drug-likeness (QED) is 0.512. The first-order valence-corrected chi connectivity index (χ1v) is 11.6. The van der Waals surface area contributed by atoms with Crippen LogP contribution >= 0.6 is 0 Å². The van der Waals surface area contributed by atoms with E-state index in [2.05, 4.69) is 57.2 Å². The molecule has 0 aliphatic carbocycles. The van der Waals surface area contributed by atoms with E-state index in [-0.39, 0.29) is 5.91 Å². The maximum absolute atomic E-state index is 12.6. The van der Waals surface area contributed by atoms with Crippen molar-refractivity contribution >= 4 is 22.6 Å². The molecule has 2 aliphatic rings. The molecule has 1 amide bonds. The summed E-state index contributed by atoms with van der Waals surface area (Å²) in [7, 11) is 0. The van der Waals surface area contributed by atoms with Crippen molar-refractivity contribution in [2.45, 2.75) is 25.6 Å². The fraction of sp³-hybridized carbons (Fsp3) is 0.308. The van der Waals surface area contributed by atoms with Gasteiger partial charge in [-0.2, -0.15) is 0 Å². The van der Waals surface area contributed by atoms with Gasteiger partial charge in [-0.05, 0) is 42.3 Å². The molecule has 1 atom stereocenters. The topological polar surface area (TPSA) is 66.5 Å². The summed E-state index contributed by atoms with van der Waals surface area (Å²) in [4.78, 5) is 21.8. The lowest BCUT2D eigenvalue weighted by Gasteiger charge is -2.34. The molecule has 1 fully saturated rings. The number of imidazole rings is 1. The Morgan fingerprint density at radius 2 is 1.82 bits per heavy atom. The summed E-state index contributed by atoms with van der Waals surface area (Å²) in [6.07, 6.45) is 2.57. The first-order valence-electron chi connectivity index (χ1n) is 11.6. The molecule has 1 unspecified atom stereocenters. The predicted molar refractivity (Wildman–Crippen MR) is 127 cm³/mol. The number of amides is 1. The zero-order valence-electron chi connectivity index (χ0n) is 18.5. The number of carbonyl (C=O) groups excluding carboxylic acids is 1. The van der Waals surface area contributed by atoms with E-state index in [0.29, 0.717) is 24.9 Å². The minimum absolute atomic E-state index is 0.0289. The number of para-hydroxylation sites is 3. The molecule has 1 N–H and O–H groups in total. The Balaban J connectivity index is 1.17. The van der Waals surface area contributed by atoms with Crippen LogP contribution in [0.1, 0.15) is 21.9 Å². The minimum atomic E-state index is -0.0289. The van der Waals surface area contributed by atoms with Crippen molar-refractivity contribution in [3.8, 4) is 0 Å². The summed E-state index contributed by atoms with van der Waals surface area (Å²) in [5.74, 6) is 1.47. The number of hydrogen-bond donors (Lipinski definition) is 1. The van der Waals surface area contributed by atoms with E-state index in [1.165, 1.54) is 16.8 Å². The fourth-order valence-electron chi connectivity index (χ4n) is 5.02. The van der Waals surface area contributed by atoms with Crippen LogP contribution in [0.4, 0.5) is 5.69 Å². The summed E-state index contributed by atoms with van der Waals surface area (Å²) in [6, 6.07) is 20.8. The largest absolute Gasteiger partial charge is 0.459 e. The highest BCUT2D eigenvalue weighted by Gasteiger charge is 2.26. The molecule has 2 aromatic carbocycles. The van der Waals surface area contributed by atoms with Gasteiger partial charge in [0.2, 0.25) is 0 Å². The Morgan fingerprint density at radius 1 is 1.00 bits per heavy atom. The number of nitrogens with one attached hydrogen (secondary N) is 1. The second kappa shape index (κ2) is 8.41. The van der Waals surface area contributed by atoms with Crippen molar-refractivity contribution in [2.75, 3.05) is 31.5 Å². The molecule has 6 rings (SSSR count). The number of hydrogen-bond acceptors (Lipinski definition) is 5. The van der Waals surface area contributed by atoms with Gasteiger partial charge in [0, 0.05) is 44.5 Å². The van der Waals surface area contributed by atoms with Gasteiger partial charge in [0.05, 0.1) is 23.8 Å². The van der Waals surface area contributed by atoms with Crippen molar-refractivity contribution in [3.05, 3.63) is 84.1 Å². The Labute approximate surface area is 192 Å². The molecule has 4 aromatic rings. The second-order valence-corrected chi connectivity index (χ2v) is 8.88. The molecule has 2 aromatic heterocycles. The Kier molecular flexibility index (Phi) is 5.11. The molecule has 168 valence electrons. The molecule has 2 aliphatic heterocycles. The van der Waals surface area contributed by atoms with E-state index >= 15 is 0 Å².